The van der Waals surface area contributed by atoms with Gasteiger partial charge in [-0.3, -0.25) is 9.69 Å². The Balaban J connectivity index is 1.52. The van der Waals surface area contributed by atoms with Gasteiger partial charge in [-0.25, -0.2) is 0 Å². The summed E-state index contributed by atoms with van der Waals surface area (Å²) in [5, 5.41) is 22.3. The van der Waals surface area contributed by atoms with Crippen LogP contribution in [0.15, 0.2) is 54.6 Å². The monoisotopic (exact) mass is 363 g/mol. The summed E-state index contributed by atoms with van der Waals surface area (Å²) in [7, 11) is 0. The number of hydrogen-bond acceptors (Lipinski definition) is 4. The number of piperidine rings is 1. The Hall–Kier alpha value is -2.68. The lowest BCUT2D eigenvalue weighted by atomic mass is 9.87. The van der Waals surface area contributed by atoms with Gasteiger partial charge in [0, 0.05) is 5.69 Å². The average molecular weight is 363 g/mol. The van der Waals surface area contributed by atoms with Crippen LogP contribution in [0.4, 0.5) is 5.69 Å². The highest BCUT2D eigenvalue weighted by Crippen LogP contribution is 2.31. The first-order chi connectivity index (χ1) is 13.1. The lowest BCUT2D eigenvalue weighted by Gasteiger charge is -2.37. The molecule has 2 N–H and O–H groups in total. The van der Waals surface area contributed by atoms with Crippen molar-refractivity contribution < 1.29 is 9.90 Å². The quantitative estimate of drug-likeness (QED) is 0.854. The molecule has 0 unspecified atom stereocenters. The predicted octanol–water partition coefficient (Wildman–Crippen LogP) is 3.33. The molecule has 0 saturated carbocycles. The van der Waals surface area contributed by atoms with Gasteiger partial charge >= 0.3 is 0 Å². The van der Waals surface area contributed by atoms with Crippen LogP contribution < -0.4 is 5.32 Å². The molecule has 140 valence electrons. The maximum absolute atomic E-state index is 12.5. The minimum atomic E-state index is -0.448. The molecule has 0 aliphatic carbocycles. The van der Waals surface area contributed by atoms with Crippen LogP contribution in [-0.2, 0) is 4.79 Å². The summed E-state index contributed by atoms with van der Waals surface area (Å²) in [6, 6.07) is 18.5. The van der Waals surface area contributed by atoms with Crippen molar-refractivity contribution >= 4 is 11.6 Å². The first kappa shape index (κ1) is 19.1. The fourth-order valence-corrected chi connectivity index (χ4v) is 3.59. The Morgan fingerprint density at radius 1 is 1.15 bits per heavy atom. The SMILES string of the molecule is C[C@H](C(=O)Nc1ccc(C#N)cc1)N1CCC([C@H](O)c2ccccc2)CC1. The fraction of sp³-hybridized carbons (Fsp3) is 0.364. The summed E-state index contributed by atoms with van der Waals surface area (Å²) in [6.07, 6.45) is 1.28. The number of benzene rings is 2. The molecule has 27 heavy (non-hydrogen) atoms. The standard InChI is InChI=1S/C22H25N3O2/c1-16(22(27)24-20-9-7-17(15-23)8-10-20)25-13-11-19(12-14-25)21(26)18-5-3-2-4-6-18/h2-10,16,19,21,26H,11-14H2,1H3,(H,24,27)/t16-,21-/m1/s1. The number of amides is 1. The Morgan fingerprint density at radius 3 is 2.37 bits per heavy atom. The third-order valence-electron chi connectivity index (χ3n) is 5.37. The van der Waals surface area contributed by atoms with Crippen LogP contribution in [0.5, 0.6) is 0 Å². The zero-order chi connectivity index (χ0) is 19.2. The molecule has 1 heterocycles. The summed E-state index contributed by atoms with van der Waals surface area (Å²) in [5.41, 5.74) is 2.22. The topological polar surface area (TPSA) is 76.4 Å². The maximum Gasteiger partial charge on any atom is 0.241 e. The molecule has 2 atom stereocenters. The number of carbonyl (C=O) groups excluding carboxylic acids is 1. The molecule has 1 saturated heterocycles. The van der Waals surface area contributed by atoms with Crippen molar-refractivity contribution in [3.63, 3.8) is 0 Å². The van der Waals surface area contributed by atoms with Crippen LogP contribution >= 0.6 is 0 Å². The molecule has 5 nitrogen and oxygen atoms in total. The Kier molecular flexibility index (Phi) is 6.23. The van der Waals surface area contributed by atoms with Crippen molar-refractivity contribution in [1.29, 1.82) is 5.26 Å². The maximum atomic E-state index is 12.5. The van der Waals surface area contributed by atoms with Gasteiger partial charge in [-0.05, 0) is 68.6 Å². The summed E-state index contributed by atoms with van der Waals surface area (Å²) in [5.74, 6) is 0.166. The van der Waals surface area contributed by atoms with Gasteiger partial charge in [0.1, 0.15) is 0 Å². The van der Waals surface area contributed by atoms with Crippen LogP contribution in [0.2, 0.25) is 0 Å². The van der Waals surface area contributed by atoms with E-state index < -0.39 is 6.10 Å². The number of rotatable bonds is 5. The first-order valence-electron chi connectivity index (χ1n) is 9.36. The van der Waals surface area contributed by atoms with Crippen molar-refractivity contribution in [3.05, 3.63) is 65.7 Å². The van der Waals surface area contributed by atoms with Crippen molar-refractivity contribution in [2.75, 3.05) is 18.4 Å². The minimum Gasteiger partial charge on any atom is -0.388 e. The summed E-state index contributed by atoms with van der Waals surface area (Å²) < 4.78 is 0. The van der Waals surface area contributed by atoms with Crippen molar-refractivity contribution in [2.45, 2.75) is 31.9 Å². The summed E-state index contributed by atoms with van der Waals surface area (Å²) in [6.45, 7) is 3.49. The van der Waals surface area contributed by atoms with Gasteiger partial charge in [0.25, 0.3) is 0 Å². The van der Waals surface area contributed by atoms with Crippen molar-refractivity contribution in [3.8, 4) is 6.07 Å². The normalized spacial score (nSPS) is 17.7. The zero-order valence-electron chi connectivity index (χ0n) is 15.5. The Morgan fingerprint density at radius 2 is 1.78 bits per heavy atom. The third kappa shape index (κ3) is 4.73. The lowest BCUT2D eigenvalue weighted by molar-refractivity contribution is -0.121. The van der Waals surface area contributed by atoms with E-state index in [1.54, 1.807) is 24.3 Å². The molecule has 0 aromatic heterocycles. The van der Waals surface area contributed by atoms with Crippen LogP contribution in [-0.4, -0.2) is 35.0 Å². The van der Waals surface area contributed by atoms with E-state index in [9.17, 15) is 9.90 Å². The number of aliphatic hydroxyl groups excluding tert-OH is 1. The highest BCUT2D eigenvalue weighted by Gasteiger charge is 2.30. The molecule has 0 spiro atoms. The molecule has 5 heteroatoms. The van der Waals surface area contributed by atoms with Gasteiger partial charge in [-0.1, -0.05) is 30.3 Å². The van der Waals surface area contributed by atoms with Crippen molar-refractivity contribution in [1.82, 2.24) is 4.90 Å². The second-order valence-corrected chi connectivity index (χ2v) is 7.08. The number of anilines is 1. The molecule has 0 radical (unpaired) electrons. The number of nitrogens with one attached hydrogen (secondary N) is 1. The van der Waals surface area contributed by atoms with E-state index in [-0.39, 0.29) is 17.9 Å². The van der Waals surface area contributed by atoms with Gasteiger partial charge in [0.2, 0.25) is 5.91 Å². The lowest BCUT2D eigenvalue weighted by Crippen LogP contribution is -2.46. The molecule has 1 aliphatic heterocycles. The smallest absolute Gasteiger partial charge is 0.241 e. The molecule has 0 bridgehead atoms. The number of likely N-dealkylation sites (tertiary alicyclic amines) is 1. The summed E-state index contributed by atoms with van der Waals surface area (Å²) in [4.78, 5) is 14.7. The number of aliphatic hydroxyl groups is 1. The number of hydrogen-bond donors (Lipinski definition) is 2. The summed E-state index contributed by atoms with van der Waals surface area (Å²) >= 11 is 0. The van der Waals surface area contributed by atoms with E-state index >= 15 is 0 Å². The number of carbonyl (C=O) groups is 1. The van der Waals surface area contributed by atoms with E-state index in [2.05, 4.69) is 16.3 Å². The molecule has 1 fully saturated rings. The van der Waals surface area contributed by atoms with E-state index in [1.165, 1.54) is 0 Å². The van der Waals surface area contributed by atoms with E-state index in [0.717, 1.165) is 31.5 Å². The molecule has 2 aromatic carbocycles. The van der Waals surface area contributed by atoms with E-state index in [0.29, 0.717) is 11.3 Å². The van der Waals surface area contributed by atoms with Crippen LogP contribution in [0.25, 0.3) is 0 Å². The molecule has 3 rings (SSSR count). The third-order valence-corrected chi connectivity index (χ3v) is 5.37. The van der Waals surface area contributed by atoms with Gasteiger partial charge < -0.3 is 10.4 Å². The Bertz CT molecular complexity index is 791. The highest BCUT2D eigenvalue weighted by molar-refractivity contribution is 5.94. The van der Waals surface area contributed by atoms with Crippen LogP contribution in [0.3, 0.4) is 0 Å². The molecule has 1 aliphatic rings. The van der Waals surface area contributed by atoms with Gasteiger partial charge in [-0.15, -0.1) is 0 Å². The van der Waals surface area contributed by atoms with Crippen LogP contribution in [0.1, 0.15) is 37.0 Å². The largest absolute Gasteiger partial charge is 0.388 e. The number of nitrogens with zero attached hydrogens (tertiary/aromatic N) is 2. The molecular formula is C22H25N3O2. The molecule has 2 aromatic rings. The van der Waals surface area contributed by atoms with Crippen molar-refractivity contribution in [2.24, 2.45) is 5.92 Å². The predicted molar refractivity (Wildman–Crippen MR) is 105 cm³/mol. The minimum absolute atomic E-state index is 0.0539. The number of nitriles is 1. The van der Waals surface area contributed by atoms with E-state index in [1.807, 2.05) is 37.3 Å². The van der Waals surface area contributed by atoms with E-state index in [4.69, 9.17) is 5.26 Å². The van der Waals surface area contributed by atoms with Gasteiger partial charge in [0.15, 0.2) is 0 Å². The Labute approximate surface area is 160 Å². The zero-order valence-corrected chi connectivity index (χ0v) is 15.5. The van der Waals surface area contributed by atoms with Gasteiger partial charge in [-0.2, -0.15) is 5.26 Å². The first-order valence-corrected chi connectivity index (χ1v) is 9.36. The highest BCUT2D eigenvalue weighted by atomic mass is 16.3. The molecular weight excluding hydrogens is 338 g/mol. The molecule has 1 amide bonds. The second kappa shape index (κ2) is 8.81. The second-order valence-electron chi connectivity index (χ2n) is 7.08. The van der Waals surface area contributed by atoms with Gasteiger partial charge in [0.05, 0.1) is 23.8 Å². The van der Waals surface area contributed by atoms with Crippen LogP contribution in [0, 0.1) is 17.2 Å². The fourth-order valence-electron chi connectivity index (χ4n) is 3.59. The average Bonchev–Trinajstić information content (AvgIpc) is 2.74.